The summed E-state index contributed by atoms with van der Waals surface area (Å²) < 4.78 is 35.7. The fraction of sp³-hybridized carbons (Fsp3) is 0.389. The lowest BCUT2D eigenvalue weighted by atomic mass is 9.84. The molecule has 0 atom stereocenters. The lowest BCUT2D eigenvalue weighted by molar-refractivity contribution is 0.0947. The zero-order chi connectivity index (χ0) is 19.3. The molecule has 2 aromatic rings. The van der Waals surface area contributed by atoms with E-state index in [4.69, 9.17) is 9.47 Å². The van der Waals surface area contributed by atoms with Crippen molar-refractivity contribution < 1.29 is 23.0 Å². The highest BCUT2D eigenvalue weighted by atomic mass is 32.2. The van der Waals surface area contributed by atoms with Crippen molar-refractivity contribution in [2.24, 2.45) is 0 Å². The van der Waals surface area contributed by atoms with Crippen molar-refractivity contribution in [2.75, 3.05) is 20.8 Å². The zero-order valence-electron chi connectivity index (χ0n) is 15.0. The summed E-state index contributed by atoms with van der Waals surface area (Å²) >= 11 is 1.54. The molecule has 0 aliphatic carbocycles. The molecule has 1 amide bonds. The highest BCUT2D eigenvalue weighted by Crippen LogP contribution is 2.34. The van der Waals surface area contributed by atoms with Crippen molar-refractivity contribution in [1.82, 2.24) is 5.32 Å². The summed E-state index contributed by atoms with van der Waals surface area (Å²) in [4.78, 5) is 13.0. The Bertz CT molecular complexity index is 763. The summed E-state index contributed by atoms with van der Waals surface area (Å²) in [6.07, 6.45) is 0. The molecule has 1 heterocycles. The van der Waals surface area contributed by atoms with Crippen molar-refractivity contribution in [3.05, 3.63) is 40.1 Å². The van der Waals surface area contributed by atoms with Crippen LogP contribution >= 0.6 is 23.1 Å². The second-order valence-corrected chi connectivity index (χ2v) is 8.08. The fourth-order valence-electron chi connectivity index (χ4n) is 2.39. The van der Waals surface area contributed by atoms with Crippen molar-refractivity contribution >= 4 is 29.0 Å². The molecule has 0 aliphatic heterocycles. The van der Waals surface area contributed by atoms with E-state index in [2.05, 4.69) is 5.32 Å². The van der Waals surface area contributed by atoms with Crippen LogP contribution in [0.1, 0.15) is 29.1 Å². The van der Waals surface area contributed by atoms with Gasteiger partial charge in [0.25, 0.3) is 11.7 Å². The number of rotatable bonds is 8. The average Bonchev–Trinajstić information content (AvgIpc) is 3.06. The van der Waals surface area contributed by atoms with Gasteiger partial charge in [-0.1, -0.05) is 31.7 Å². The molecule has 26 heavy (non-hydrogen) atoms. The van der Waals surface area contributed by atoms with Crippen LogP contribution in [0.2, 0.25) is 0 Å². The Morgan fingerprint density at radius 1 is 1.23 bits per heavy atom. The summed E-state index contributed by atoms with van der Waals surface area (Å²) in [5, 5.41) is 4.48. The number of carbonyl (C=O) groups excluding carboxylic acids is 1. The summed E-state index contributed by atoms with van der Waals surface area (Å²) in [5.74, 6) is -1.67. The van der Waals surface area contributed by atoms with Gasteiger partial charge in [-0.3, -0.25) is 4.79 Å². The third-order valence-corrected chi connectivity index (χ3v) is 5.72. The minimum atomic E-state index is -2.56. The molecular formula is C18H21F2NO3S2. The summed E-state index contributed by atoms with van der Waals surface area (Å²) in [6, 6.07) is 7.13. The van der Waals surface area contributed by atoms with E-state index < -0.39 is 5.76 Å². The first kappa shape index (κ1) is 20.5. The quantitative estimate of drug-likeness (QED) is 0.646. The van der Waals surface area contributed by atoms with Crippen LogP contribution in [0.4, 0.5) is 8.78 Å². The van der Waals surface area contributed by atoms with Crippen molar-refractivity contribution in [2.45, 2.75) is 29.9 Å². The van der Waals surface area contributed by atoms with E-state index >= 15 is 0 Å². The van der Waals surface area contributed by atoms with Crippen LogP contribution in [-0.2, 0) is 5.41 Å². The Morgan fingerprint density at radius 3 is 2.54 bits per heavy atom. The zero-order valence-corrected chi connectivity index (χ0v) is 16.6. The topological polar surface area (TPSA) is 47.6 Å². The first-order valence-electron chi connectivity index (χ1n) is 7.81. The number of nitrogens with one attached hydrogen (secondary N) is 1. The SMILES string of the molecule is COc1ccc(C(C)(C)CNC(=O)c2sccc2SC(F)F)cc1OC. The molecule has 0 spiro atoms. The van der Waals surface area contributed by atoms with Gasteiger partial charge in [-0.15, -0.1) is 11.3 Å². The number of benzene rings is 1. The van der Waals surface area contributed by atoms with Gasteiger partial charge >= 0.3 is 0 Å². The third kappa shape index (κ3) is 4.88. The molecule has 0 aliphatic rings. The van der Waals surface area contributed by atoms with Crippen LogP contribution in [0, 0.1) is 0 Å². The number of hydrogen-bond acceptors (Lipinski definition) is 5. The standard InChI is InChI=1S/C18H21F2NO3S2/c1-18(2,11-5-6-12(23-3)13(9-11)24-4)10-21-16(22)15-14(7-8-25-15)26-17(19)20/h5-9,17H,10H2,1-4H3,(H,21,22). The number of hydrogen-bond donors (Lipinski definition) is 1. The second-order valence-electron chi connectivity index (χ2n) is 6.13. The molecule has 1 aromatic heterocycles. The molecule has 4 nitrogen and oxygen atoms in total. The average molecular weight is 402 g/mol. The van der Waals surface area contributed by atoms with Crippen LogP contribution in [0.3, 0.4) is 0 Å². The second kappa shape index (κ2) is 8.73. The highest BCUT2D eigenvalue weighted by Gasteiger charge is 2.25. The van der Waals surface area contributed by atoms with Gasteiger partial charge in [0.1, 0.15) is 4.88 Å². The molecule has 8 heteroatoms. The lowest BCUT2D eigenvalue weighted by Crippen LogP contribution is -2.36. The largest absolute Gasteiger partial charge is 0.493 e. The van der Waals surface area contributed by atoms with Gasteiger partial charge in [0, 0.05) is 16.9 Å². The molecule has 2 rings (SSSR count). The maximum absolute atomic E-state index is 12.6. The Labute approximate surface area is 159 Å². The van der Waals surface area contributed by atoms with Crippen LogP contribution in [0.15, 0.2) is 34.5 Å². The first-order chi connectivity index (χ1) is 12.3. The normalized spacial score (nSPS) is 11.5. The number of halogens is 2. The highest BCUT2D eigenvalue weighted by molar-refractivity contribution is 7.99. The van der Waals surface area contributed by atoms with E-state index in [-0.39, 0.29) is 11.3 Å². The van der Waals surface area contributed by atoms with Gasteiger partial charge in [0.05, 0.1) is 14.2 Å². The first-order valence-corrected chi connectivity index (χ1v) is 9.57. The molecule has 1 aromatic carbocycles. The number of methoxy groups -OCH3 is 2. The van der Waals surface area contributed by atoms with Crippen molar-refractivity contribution in [3.63, 3.8) is 0 Å². The van der Waals surface area contributed by atoms with Crippen LogP contribution < -0.4 is 14.8 Å². The predicted molar refractivity (Wildman–Crippen MR) is 101 cm³/mol. The van der Waals surface area contributed by atoms with Crippen molar-refractivity contribution in [3.8, 4) is 11.5 Å². The Balaban J connectivity index is 2.10. The molecular weight excluding hydrogens is 380 g/mol. The number of alkyl halides is 2. The van der Waals surface area contributed by atoms with Gasteiger partial charge in [0.2, 0.25) is 0 Å². The third-order valence-electron chi connectivity index (χ3n) is 3.91. The molecule has 0 saturated heterocycles. The minimum Gasteiger partial charge on any atom is -0.493 e. The maximum atomic E-state index is 12.6. The smallest absolute Gasteiger partial charge is 0.288 e. The van der Waals surface area contributed by atoms with Gasteiger partial charge in [-0.25, -0.2) is 0 Å². The molecule has 0 radical (unpaired) electrons. The van der Waals surface area contributed by atoms with Gasteiger partial charge < -0.3 is 14.8 Å². The number of ether oxygens (including phenoxy) is 2. The summed E-state index contributed by atoms with van der Waals surface area (Å²) in [7, 11) is 3.13. The summed E-state index contributed by atoms with van der Waals surface area (Å²) in [6.45, 7) is 4.31. The van der Waals surface area contributed by atoms with Gasteiger partial charge in [0.15, 0.2) is 11.5 Å². The Morgan fingerprint density at radius 2 is 1.92 bits per heavy atom. The monoisotopic (exact) mass is 401 g/mol. The molecule has 0 bridgehead atoms. The number of carbonyl (C=O) groups is 1. The molecule has 0 saturated carbocycles. The van der Waals surface area contributed by atoms with E-state index in [0.29, 0.717) is 39.6 Å². The molecule has 0 fully saturated rings. The Kier molecular flexibility index (Phi) is 6.88. The summed E-state index contributed by atoms with van der Waals surface area (Å²) in [5.41, 5.74) is 0.575. The fourth-order valence-corrected chi connectivity index (χ4v) is 4.01. The molecule has 1 N–H and O–H groups in total. The number of thioether (sulfide) groups is 1. The predicted octanol–water partition coefficient (Wildman–Crippen LogP) is 4.79. The van der Waals surface area contributed by atoms with Gasteiger partial charge in [-0.05, 0) is 29.1 Å². The maximum Gasteiger partial charge on any atom is 0.288 e. The number of amides is 1. The van der Waals surface area contributed by atoms with Crippen LogP contribution in [0.25, 0.3) is 0 Å². The molecule has 0 unspecified atom stereocenters. The van der Waals surface area contributed by atoms with E-state index in [1.165, 1.54) is 6.07 Å². The minimum absolute atomic E-state index is 0.298. The van der Waals surface area contributed by atoms with Crippen molar-refractivity contribution in [1.29, 1.82) is 0 Å². The number of thiophene rings is 1. The van der Waals surface area contributed by atoms with E-state index in [1.54, 1.807) is 19.6 Å². The van der Waals surface area contributed by atoms with E-state index in [9.17, 15) is 13.6 Å². The molecule has 142 valence electrons. The van der Waals surface area contributed by atoms with Crippen LogP contribution in [0.5, 0.6) is 11.5 Å². The van der Waals surface area contributed by atoms with E-state index in [1.807, 2.05) is 32.0 Å². The van der Waals surface area contributed by atoms with E-state index in [0.717, 1.165) is 16.9 Å². The Hall–Kier alpha value is -1.80. The lowest BCUT2D eigenvalue weighted by Gasteiger charge is -2.26. The van der Waals surface area contributed by atoms with Gasteiger partial charge in [-0.2, -0.15) is 8.78 Å². The van der Waals surface area contributed by atoms with Crippen LogP contribution in [-0.4, -0.2) is 32.4 Å².